The van der Waals surface area contributed by atoms with Gasteiger partial charge in [0.15, 0.2) is 0 Å². The van der Waals surface area contributed by atoms with Crippen molar-refractivity contribution in [3.63, 3.8) is 0 Å². The lowest BCUT2D eigenvalue weighted by Crippen LogP contribution is -2.48. The lowest BCUT2D eigenvalue weighted by Gasteiger charge is -2.34. The molecule has 1 saturated heterocycles. The molecule has 6 heteroatoms. The lowest BCUT2D eigenvalue weighted by molar-refractivity contribution is -0.0440. The van der Waals surface area contributed by atoms with Gasteiger partial charge < -0.3 is 10.1 Å². The van der Waals surface area contributed by atoms with Crippen LogP contribution in [0.2, 0.25) is 0 Å². The highest BCUT2D eigenvalue weighted by Crippen LogP contribution is 2.21. The summed E-state index contributed by atoms with van der Waals surface area (Å²) in [5.41, 5.74) is 1.13. The summed E-state index contributed by atoms with van der Waals surface area (Å²) >= 11 is 0. The Bertz CT molecular complexity index is 547. The number of hydrogen-bond acceptors (Lipinski definition) is 4. The molecule has 1 heterocycles. The molecule has 1 aliphatic rings. The number of nitrogens with zero attached hydrogens (tertiary/aromatic N) is 1. The molecule has 2 unspecified atom stereocenters. The summed E-state index contributed by atoms with van der Waals surface area (Å²) in [5, 5.41) is 3.08. The number of morpholine rings is 1. The van der Waals surface area contributed by atoms with Gasteiger partial charge in [-0.15, -0.1) is 0 Å². The summed E-state index contributed by atoms with van der Waals surface area (Å²) in [6, 6.07) is 7.17. The normalized spacial score (nSPS) is 24.1. The maximum absolute atomic E-state index is 12.7. The first-order chi connectivity index (χ1) is 9.93. The highest BCUT2D eigenvalue weighted by molar-refractivity contribution is 7.89. The molecule has 0 radical (unpaired) electrons. The van der Waals surface area contributed by atoms with Gasteiger partial charge in [-0.3, -0.25) is 0 Å². The zero-order valence-electron chi connectivity index (χ0n) is 12.9. The summed E-state index contributed by atoms with van der Waals surface area (Å²) in [4.78, 5) is 0.358. The van der Waals surface area contributed by atoms with Crippen molar-refractivity contribution in [2.75, 3.05) is 26.7 Å². The Balaban J connectivity index is 2.15. The molecular formula is C15H24N2O3S. The zero-order valence-corrected chi connectivity index (χ0v) is 13.7. The van der Waals surface area contributed by atoms with E-state index in [-0.39, 0.29) is 12.2 Å². The largest absolute Gasteiger partial charge is 0.373 e. The Morgan fingerprint density at radius 2 is 1.76 bits per heavy atom. The van der Waals surface area contributed by atoms with E-state index in [1.807, 2.05) is 33.0 Å². The van der Waals surface area contributed by atoms with E-state index in [0.717, 1.165) is 18.5 Å². The molecule has 0 bridgehead atoms. The van der Waals surface area contributed by atoms with E-state index < -0.39 is 10.0 Å². The van der Waals surface area contributed by atoms with Crippen LogP contribution in [0, 0.1) is 0 Å². The van der Waals surface area contributed by atoms with Crippen LogP contribution < -0.4 is 5.32 Å². The average Bonchev–Trinajstić information content (AvgIpc) is 2.44. The van der Waals surface area contributed by atoms with Gasteiger partial charge in [-0.25, -0.2) is 8.42 Å². The molecule has 1 aromatic rings. The molecule has 1 fully saturated rings. The SMILES string of the molecule is CNCCc1ccc(S(=O)(=O)N2CC(C)OC(C)C2)cc1. The third kappa shape index (κ3) is 4.03. The standard InChI is InChI=1S/C15H24N2O3S/c1-12-10-17(11-13(2)20-12)21(18,19)15-6-4-14(5-7-15)8-9-16-3/h4-7,12-13,16H,8-11H2,1-3H3. The van der Waals surface area contributed by atoms with E-state index >= 15 is 0 Å². The van der Waals surface area contributed by atoms with Crippen molar-refractivity contribution in [3.05, 3.63) is 29.8 Å². The first kappa shape index (κ1) is 16.4. The van der Waals surface area contributed by atoms with Gasteiger partial charge in [-0.2, -0.15) is 4.31 Å². The number of likely N-dealkylation sites (N-methyl/N-ethyl adjacent to an activating group) is 1. The Morgan fingerprint density at radius 1 is 1.19 bits per heavy atom. The van der Waals surface area contributed by atoms with Crippen LogP contribution in [0.5, 0.6) is 0 Å². The van der Waals surface area contributed by atoms with Gasteiger partial charge >= 0.3 is 0 Å². The molecule has 0 aromatic heterocycles. The quantitative estimate of drug-likeness (QED) is 0.889. The third-order valence-corrected chi connectivity index (χ3v) is 5.46. The van der Waals surface area contributed by atoms with E-state index in [1.54, 1.807) is 12.1 Å². The molecule has 1 aliphatic heterocycles. The highest BCUT2D eigenvalue weighted by atomic mass is 32.2. The highest BCUT2D eigenvalue weighted by Gasteiger charge is 2.31. The molecule has 5 nitrogen and oxygen atoms in total. The Kier molecular flexibility index (Phi) is 5.37. The van der Waals surface area contributed by atoms with Crippen LogP contribution in [-0.2, 0) is 21.2 Å². The first-order valence-corrected chi connectivity index (χ1v) is 8.76. The monoisotopic (exact) mass is 312 g/mol. The van der Waals surface area contributed by atoms with Gasteiger partial charge in [0.1, 0.15) is 0 Å². The minimum Gasteiger partial charge on any atom is -0.373 e. The fraction of sp³-hybridized carbons (Fsp3) is 0.600. The molecule has 118 valence electrons. The summed E-state index contributed by atoms with van der Waals surface area (Å²) in [5.74, 6) is 0. The van der Waals surface area contributed by atoms with Crippen molar-refractivity contribution >= 4 is 10.0 Å². The van der Waals surface area contributed by atoms with E-state index in [9.17, 15) is 8.42 Å². The first-order valence-electron chi connectivity index (χ1n) is 7.32. The number of sulfonamides is 1. The maximum atomic E-state index is 12.7. The molecule has 2 rings (SSSR count). The summed E-state index contributed by atoms with van der Waals surface area (Å²) in [6.07, 6.45) is 0.750. The smallest absolute Gasteiger partial charge is 0.243 e. The van der Waals surface area contributed by atoms with Crippen LogP contribution >= 0.6 is 0 Å². The third-order valence-electron chi connectivity index (χ3n) is 3.61. The Hall–Kier alpha value is -0.950. The Morgan fingerprint density at radius 3 is 2.29 bits per heavy atom. The van der Waals surface area contributed by atoms with Gasteiger partial charge in [0, 0.05) is 13.1 Å². The second-order valence-corrected chi connectivity index (χ2v) is 7.51. The van der Waals surface area contributed by atoms with Crippen molar-refractivity contribution in [2.45, 2.75) is 37.4 Å². The number of rotatable bonds is 5. The van der Waals surface area contributed by atoms with E-state index in [2.05, 4.69) is 5.32 Å². The van der Waals surface area contributed by atoms with Gasteiger partial charge in [0.2, 0.25) is 10.0 Å². The molecule has 1 N–H and O–H groups in total. The van der Waals surface area contributed by atoms with Crippen LogP contribution in [0.15, 0.2) is 29.2 Å². The van der Waals surface area contributed by atoms with Gasteiger partial charge in [-0.1, -0.05) is 12.1 Å². The summed E-state index contributed by atoms with van der Waals surface area (Å²) in [6.45, 7) is 5.50. The molecule has 0 amide bonds. The second kappa shape index (κ2) is 6.87. The zero-order chi connectivity index (χ0) is 15.5. The van der Waals surface area contributed by atoms with Crippen molar-refractivity contribution in [1.82, 2.24) is 9.62 Å². The molecular weight excluding hydrogens is 288 g/mol. The predicted molar refractivity (Wildman–Crippen MR) is 82.8 cm³/mol. The number of nitrogens with one attached hydrogen (secondary N) is 1. The van der Waals surface area contributed by atoms with E-state index in [0.29, 0.717) is 18.0 Å². The lowest BCUT2D eigenvalue weighted by atomic mass is 10.1. The minimum absolute atomic E-state index is 0.0709. The van der Waals surface area contributed by atoms with Crippen molar-refractivity contribution in [3.8, 4) is 0 Å². The van der Waals surface area contributed by atoms with Crippen LogP contribution in [0.4, 0.5) is 0 Å². The van der Waals surface area contributed by atoms with Gasteiger partial charge in [-0.05, 0) is 51.6 Å². The Labute approximate surface area is 127 Å². The number of hydrogen-bond donors (Lipinski definition) is 1. The molecule has 0 saturated carbocycles. The molecule has 21 heavy (non-hydrogen) atoms. The van der Waals surface area contributed by atoms with Crippen LogP contribution in [0.1, 0.15) is 19.4 Å². The molecule has 0 spiro atoms. The van der Waals surface area contributed by atoms with Crippen molar-refractivity contribution in [1.29, 1.82) is 0 Å². The molecule has 2 atom stereocenters. The number of ether oxygens (including phenoxy) is 1. The van der Waals surface area contributed by atoms with Crippen LogP contribution in [0.25, 0.3) is 0 Å². The summed E-state index contributed by atoms with van der Waals surface area (Å²) in [7, 11) is -1.53. The fourth-order valence-electron chi connectivity index (χ4n) is 2.57. The topological polar surface area (TPSA) is 58.6 Å². The van der Waals surface area contributed by atoms with E-state index in [4.69, 9.17) is 4.74 Å². The second-order valence-electron chi connectivity index (χ2n) is 5.58. The van der Waals surface area contributed by atoms with Crippen LogP contribution in [-0.4, -0.2) is 51.6 Å². The van der Waals surface area contributed by atoms with Crippen molar-refractivity contribution in [2.24, 2.45) is 0 Å². The van der Waals surface area contributed by atoms with Crippen molar-refractivity contribution < 1.29 is 13.2 Å². The fourth-order valence-corrected chi connectivity index (χ4v) is 4.16. The molecule has 0 aliphatic carbocycles. The van der Waals surface area contributed by atoms with E-state index in [1.165, 1.54) is 4.31 Å². The average molecular weight is 312 g/mol. The number of benzene rings is 1. The summed E-state index contributed by atoms with van der Waals surface area (Å²) < 4.78 is 32.4. The molecule has 1 aromatic carbocycles. The van der Waals surface area contributed by atoms with Crippen LogP contribution in [0.3, 0.4) is 0 Å². The van der Waals surface area contributed by atoms with Gasteiger partial charge in [0.05, 0.1) is 17.1 Å². The minimum atomic E-state index is -3.43. The maximum Gasteiger partial charge on any atom is 0.243 e. The van der Waals surface area contributed by atoms with Gasteiger partial charge in [0.25, 0.3) is 0 Å². The predicted octanol–water partition coefficient (Wildman–Crippen LogP) is 1.25.